The van der Waals surface area contributed by atoms with Gasteiger partial charge < -0.3 is 14.2 Å². The molecule has 1 aliphatic heterocycles. The number of fused-ring (bicyclic) bond motifs is 1. The van der Waals surface area contributed by atoms with Crippen molar-refractivity contribution in [2.45, 2.75) is 58.4 Å². The Kier molecular flexibility index (Phi) is 6.57. The number of para-hydroxylation sites is 3. The Bertz CT molecular complexity index is 1360. The van der Waals surface area contributed by atoms with E-state index in [1.165, 1.54) is 5.56 Å². The first-order valence-corrected chi connectivity index (χ1v) is 12.9. The van der Waals surface area contributed by atoms with Crippen LogP contribution in [0.3, 0.4) is 0 Å². The third kappa shape index (κ3) is 4.88. The number of anilines is 1. The molecule has 1 aromatic heterocycles. The number of hydrogen-bond acceptors (Lipinski definition) is 3. The van der Waals surface area contributed by atoms with Gasteiger partial charge in [0.05, 0.1) is 17.6 Å². The van der Waals surface area contributed by atoms with E-state index in [-0.39, 0.29) is 17.2 Å². The summed E-state index contributed by atoms with van der Waals surface area (Å²) >= 11 is 0. The van der Waals surface area contributed by atoms with Crippen LogP contribution in [0, 0.1) is 6.92 Å². The third-order valence-electron chi connectivity index (χ3n) is 7.10. The Hall–Kier alpha value is -3.60. The summed E-state index contributed by atoms with van der Waals surface area (Å²) in [6.07, 6.45) is 1.34. The number of imidazole rings is 1. The van der Waals surface area contributed by atoms with Gasteiger partial charge in [0.1, 0.15) is 11.6 Å². The molecule has 0 radical (unpaired) electrons. The van der Waals surface area contributed by atoms with Crippen LogP contribution in [0.2, 0.25) is 0 Å². The number of aryl methyl sites for hydroxylation is 2. The average Bonchev–Trinajstić information content (AvgIpc) is 3.42. The summed E-state index contributed by atoms with van der Waals surface area (Å²) in [6, 6.07) is 24.8. The minimum Gasteiger partial charge on any atom is -0.494 e. The lowest BCUT2D eigenvalue weighted by molar-refractivity contribution is -0.117. The maximum absolute atomic E-state index is 13.0. The molecule has 0 saturated carbocycles. The molecule has 5 nitrogen and oxygen atoms in total. The monoisotopic (exact) mass is 481 g/mol. The van der Waals surface area contributed by atoms with Gasteiger partial charge in [0.25, 0.3) is 0 Å². The number of nitrogens with zero attached hydrogens (tertiary/aromatic N) is 3. The lowest BCUT2D eigenvalue weighted by Crippen LogP contribution is -2.25. The minimum atomic E-state index is 0.0652. The van der Waals surface area contributed by atoms with Crippen molar-refractivity contribution < 1.29 is 9.53 Å². The fraction of sp³-hybridized carbons (Fsp3) is 0.355. The van der Waals surface area contributed by atoms with Crippen LogP contribution in [0.25, 0.3) is 11.0 Å². The Morgan fingerprint density at radius 1 is 0.972 bits per heavy atom. The van der Waals surface area contributed by atoms with Crippen LogP contribution in [0.1, 0.15) is 56.5 Å². The van der Waals surface area contributed by atoms with E-state index in [1.807, 2.05) is 29.2 Å². The predicted molar refractivity (Wildman–Crippen MR) is 146 cm³/mol. The van der Waals surface area contributed by atoms with Gasteiger partial charge >= 0.3 is 0 Å². The molecule has 5 rings (SSSR count). The van der Waals surface area contributed by atoms with Crippen molar-refractivity contribution in [1.29, 1.82) is 0 Å². The summed E-state index contributed by atoms with van der Waals surface area (Å²) in [7, 11) is 0. The van der Waals surface area contributed by atoms with Crippen molar-refractivity contribution in [3.05, 3.63) is 89.7 Å². The van der Waals surface area contributed by atoms with Crippen molar-refractivity contribution in [2.24, 2.45) is 0 Å². The SMILES string of the molecule is Cc1ccccc1N1CC(c2nc3ccccc3n2CCCOc2ccc(C(C)(C)C)cc2)CC1=O. The summed E-state index contributed by atoms with van der Waals surface area (Å²) in [4.78, 5) is 19.9. The van der Waals surface area contributed by atoms with E-state index in [0.717, 1.165) is 46.8 Å². The maximum Gasteiger partial charge on any atom is 0.227 e. The van der Waals surface area contributed by atoms with E-state index in [0.29, 0.717) is 19.6 Å². The first-order valence-electron chi connectivity index (χ1n) is 12.9. The Morgan fingerprint density at radius 3 is 2.44 bits per heavy atom. The molecular formula is C31H35N3O2. The third-order valence-corrected chi connectivity index (χ3v) is 7.10. The zero-order chi connectivity index (χ0) is 25.3. The highest BCUT2D eigenvalue weighted by Gasteiger charge is 2.35. The van der Waals surface area contributed by atoms with Gasteiger partial charge in [-0.15, -0.1) is 0 Å². The van der Waals surface area contributed by atoms with Crippen molar-refractivity contribution in [2.75, 3.05) is 18.1 Å². The largest absolute Gasteiger partial charge is 0.494 e. The molecule has 2 heterocycles. The van der Waals surface area contributed by atoms with Crippen molar-refractivity contribution in [3.8, 4) is 5.75 Å². The second-order valence-corrected chi connectivity index (χ2v) is 10.8. The molecule has 0 spiro atoms. The second kappa shape index (κ2) is 9.81. The highest BCUT2D eigenvalue weighted by molar-refractivity contribution is 5.97. The standard InChI is InChI=1S/C31H35N3O2/c1-22-10-5-7-12-27(22)34-21-23(20-29(34)35)30-32-26-11-6-8-13-28(26)33(30)18-9-19-36-25-16-14-24(15-17-25)31(2,3)4/h5-8,10-17,23H,9,18-21H2,1-4H3. The summed E-state index contributed by atoms with van der Waals surface area (Å²) in [5.41, 5.74) is 5.65. The molecule has 0 bridgehead atoms. The van der Waals surface area contributed by atoms with Crippen molar-refractivity contribution in [3.63, 3.8) is 0 Å². The summed E-state index contributed by atoms with van der Waals surface area (Å²) < 4.78 is 8.35. The molecule has 5 heteroatoms. The van der Waals surface area contributed by atoms with E-state index < -0.39 is 0 Å². The van der Waals surface area contributed by atoms with Crippen LogP contribution in [-0.2, 0) is 16.8 Å². The van der Waals surface area contributed by atoms with Gasteiger partial charge in [-0.25, -0.2) is 4.98 Å². The quantitative estimate of drug-likeness (QED) is 0.278. The first kappa shape index (κ1) is 24.1. The minimum absolute atomic E-state index is 0.0652. The maximum atomic E-state index is 13.0. The number of aromatic nitrogens is 2. The molecule has 36 heavy (non-hydrogen) atoms. The lowest BCUT2D eigenvalue weighted by atomic mass is 9.87. The normalized spacial score (nSPS) is 16.2. The zero-order valence-corrected chi connectivity index (χ0v) is 21.7. The van der Waals surface area contributed by atoms with Crippen molar-refractivity contribution in [1.82, 2.24) is 9.55 Å². The van der Waals surface area contributed by atoms with Gasteiger partial charge in [-0.1, -0.05) is 63.2 Å². The van der Waals surface area contributed by atoms with Gasteiger partial charge in [0.15, 0.2) is 0 Å². The van der Waals surface area contributed by atoms with Gasteiger partial charge in [-0.2, -0.15) is 0 Å². The molecule has 0 aliphatic carbocycles. The van der Waals surface area contributed by atoms with E-state index in [1.54, 1.807) is 0 Å². The van der Waals surface area contributed by atoms with Crippen LogP contribution in [0.15, 0.2) is 72.8 Å². The van der Waals surface area contributed by atoms with Crippen LogP contribution in [-0.4, -0.2) is 28.6 Å². The molecule has 1 amide bonds. The molecule has 1 atom stereocenters. The Morgan fingerprint density at radius 2 is 1.69 bits per heavy atom. The summed E-state index contributed by atoms with van der Waals surface area (Å²) in [5.74, 6) is 2.12. The van der Waals surface area contributed by atoms with Crippen LogP contribution in [0.4, 0.5) is 5.69 Å². The molecule has 0 N–H and O–H groups in total. The smallest absolute Gasteiger partial charge is 0.227 e. The highest BCUT2D eigenvalue weighted by Crippen LogP contribution is 2.34. The van der Waals surface area contributed by atoms with Gasteiger partial charge in [-0.05, 0) is 60.2 Å². The lowest BCUT2D eigenvalue weighted by Gasteiger charge is -2.19. The average molecular weight is 482 g/mol. The van der Waals surface area contributed by atoms with Gasteiger partial charge in [0.2, 0.25) is 5.91 Å². The van der Waals surface area contributed by atoms with Crippen LogP contribution < -0.4 is 9.64 Å². The number of hydrogen-bond donors (Lipinski definition) is 0. The molecule has 1 unspecified atom stereocenters. The summed E-state index contributed by atoms with van der Waals surface area (Å²) in [5, 5.41) is 0. The van der Waals surface area contributed by atoms with E-state index >= 15 is 0 Å². The molecule has 1 fully saturated rings. The van der Waals surface area contributed by atoms with Crippen LogP contribution >= 0.6 is 0 Å². The predicted octanol–water partition coefficient (Wildman–Crippen LogP) is 6.63. The number of carbonyl (C=O) groups is 1. The van der Waals surface area contributed by atoms with E-state index in [2.05, 4.69) is 80.8 Å². The number of amides is 1. The fourth-order valence-electron chi connectivity index (χ4n) is 5.08. The zero-order valence-electron chi connectivity index (χ0n) is 21.7. The molecule has 4 aromatic rings. The highest BCUT2D eigenvalue weighted by atomic mass is 16.5. The van der Waals surface area contributed by atoms with Crippen molar-refractivity contribution >= 4 is 22.6 Å². The van der Waals surface area contributed by atoms with Gasteiger partial charge in [-0.3, -0.25) is 4.79 Å². The number of carbonyl (C=O) groups excluding carboxylic acids is 1. The Balaban J connectivity index is 1.30. The number of ether oxygens (including phenoxy) is 1. The van der Waals surface area contributed by atoms with E-state index in [4.69, 9.17) is 9.72 Å². The molecular weight excluding hydrogens is 446 g/mol. The second-order valence-electron chi connectivity index (χ2n) is 10.8. The number of rotatable bonds is 7. The van der Waals surface area contributed by atoms with Crippen LogP contribution in [0.5, 0.6) is 5.75 Å². The fourth-order valence-corrected chi connectivity index (χ4v) is 5.08. The van der Waals surface area contributed by atoms with E-state index in [9.17, 15) is 4.79 Å². The molecule has 3 aromatic carbocycles. The Labute approximate surface area is 213 Å². The molecule has 1 saturated heterocycles. The first-order chi connectivity index (χ1) is 17.3. The number of benzene rings is 3. The molecule has 186 valence electrons. The van der Waals surface area contributed by atoms with Gasteiger partial charge in [0, 0.05) is 31.1 Å². The molecule has 1 aliphatic rings. The summed E-state index contributed by atoms with van der Waals surface area (Å²) in [6.45, 7) is 10.8. The topological polar surface area (TPSA) is 47.4 Å².